The molecule has 1 atom stereocenters. The summed E-state index contributed by atoms with van der Waals surface area (Å²) >= 11 is 0. The van der Waals surface area contributed by atoms with E-state index in [2.05, 4.69) is 33.0 Å². The van der Waals surface area contributed by atoms with E-state index in [4.69, 9.17) is 5.84 Å². The third-order valence-corrected chi connectivity index (χ3v) is 3.12. The molecule has 7 nitrogen and oxygen atoms in total. The number of nitrogens with zero attached hydrogens (tertiary/aromatic N) is 2. The summed E-state index contributed by atoms with van der Waals surface area (Å²) < 4.78 is 0. The number of nitrogens with one attached hydrogen (secondary N) is 3. The van der Waals surface area contributed by atoms with Crippen molar-refractivity contribution in [3.63, 3.8) is 0 Å². The maximum absolute atomic E-state index is 11.2. The van der Waals surface area contributed by atoms with Crippen molar-refractivity contribution in [2.45, 2.75) is 39.2 Å². The van der Waals surface area contributed by atoms with Crippen molar-refractivity contribution in [2.24, 2.45) is 5.84 Å². The van der Waals surface area contributed by atoms with Gasteiger partial charge in [0.25, 0.3) is 0 Å². The van der Waals surface area contributed by atoms with E-state index in [-0.39, 0.29) is 11.9 Å². The molecule has 7 heteroatoms. The summed E-state index contributed by atoms with van der Waals surface area (Å²) in [5.41, 5.74) is 3.46. The zero-order valence-electron chi connectivity index (χ0n) is 11.3. The summed E-state index contributed by atoms with van der Waals surface area (Å²) in [5.74, 6) is 7.66. The van der Waals surface area contributed by atoms with E-state index in [1.54, 1.807) is 0 Å². The van der Waals surface area contributed by atoms with Crippen molar-refractivity contribution in [1.82, 2.24) is 15.3 Å². The van der Waals surface area contributed by atoms with Gasteiger partial charge in [-0.3, -0.25) is 4.79 Å². The first-order chi connectivity index (χ1) is 9.13. The third kappa shape index (κ3) is 3.11. The van der Waals surface area contributed by atoms with Crippen LogP contribution in [0.15, 0.2) is 0 Å². The Morgan fingerprint density at radius 1 is 1.42 bits per heavy atom. The minimum absolute atomic E-state index is 0.0650. The van der Waals surface area contributed by atoms with Gasteiger partial charge in [0, 0.05) is 24.9 Å². The summed E-state index contributed by atoms with van der Waals surface area (Å²) in [6, 6.07) is 0.0706. The number of aromatic nitrogens is 2. The number of nitrogens with two attached hydrogens (primary N) is 1. The number of aryl methyl sites for hydroxylation is 1. The van der Waals surface area contributed by atoms with E-state index < -0.39 is 0 Å². The summed E-state index contributed by atoms with van der Waals surface area (Å²) in [6.45, 7) is 4.60. The number of carbonyl (C=O) groups excluding carboxylic acids is 1. The van der Waals surface area contributed by atoms with Gasteiger partial charge < -0.3 is 16.1 Å². The molecule has 104 valence electrons. The molecule has 0 saturated carbocycles. The topological polar surface area (TPSA) is 105 Å². The molecule has 1 fully saturated rings. The van der Waals surface area contributed by atoms with Gasteiger partial charge in [0.15, 0.2) is 0 Å². The van der Waals surface area contributed by atoms with Gasteiger partial charge in [0.05, 0.1) is 6.04 Å². The van der Waals surface area contributed by atoms with Gasteiger partial charge in [0.2, 0.25) is 5.91 Å². The Labute approximate surface area is 112 Å². The number of rotatable bonds is 5. The summed E-state index contributed by atoms with van der Waals surface area (Å²) in [7, 11) is 0. The second-order valence-electron chi connectivity index (χ2n) is 4.71. The molecule has 0 aliphatic carbocycles. The molecule has 1 saturated heterocycles. The second kappa shape index (κ2) is 5.83. The molecule has 19 heavy (non-hydrogen) atoms. The lowest BCUT2D eigenvalue weighted by Crippen LogP contribution is -2.24. The van der Waals surface area contributed by atoms with Gasteiger partial charge in [-0.15, -0.1) is 0 Å². The monoisotopic (exact) mass is 264 g/mol. The fourth-order valence-electron chi connectivity index (χ4n) is 2.08. The molecule has 0 aromatic carbocycles. The molecule has 0 bridgehead atoms. The lowest BCUT2D eigenvalue weighted by Gasteiger charge is -2.16. The fourth-order valence-corrected chi connectivity index (χ4v) is 2.08. The number of amides is 1. The van der Waals surface area contributed by atoms with Crippen molar-refractivity contribution < 1.29 is 4.79 Å². The van der Waals surface area contributed by atoms with Crippen molar-refractivity contribution >= 4 is 17.5 Å². The average molecular weight is 264 g/mol. The Kier molecular flexibility index (Phi) is 4.16. The molecular formula is C12H20N6O. The summed E-state index contributed by atoms with van der Waals surface area (Å²) in [6.07, 6.45) is 2.24. The first kappa shape index (κ1) is 13.5. The summed E-state index contributed by atoms with van der Waals surface area (Å²) in [5, 5.41) is 6.08. The van der Waals surface area contributed by atoms with Crippen molar-refractivity contribution in [3.8, 4) is 0 Å². The molecule has 1 aliphatic rings. The maximum atomic E-state index is 11.2. The Balaban J connectivity index is 2.22. The van der Waals surface area contributed by atoms with Crippen LogP contribution in [-0.4, -0.2) is 28.5 Å². The predicted molar refractivity (Wildman–Crippen MR) is 73.6 cm³/mol. The molecule has 1 unspecified atom stereocenters. The van der Waals surface area contributed by atoms with Crippen LogP contribution >= 0.6 is 0 Å². The smallest absolute Gasteiger partial charge is 0.222 e. The van der Waals surface area contributed by atoms with Crippen LogP contribution in [-0.2, 0) is 11.2 Å². The number of hydrogen-bond acceptors (Lipinski definition) is 6. The molecule has 1 aliphatic heterocycles. The molecule has 1 amide bonds. The molecule has 0 spiro atoms. The van der Waals surface area contributed by atoms with Gasteiger partial charge in [-0.05, 0) is 13.3 Å². The van der Waals surface area contributed by atoms with Gasteiger partial charge in [-0.25, -0.2) is 15.8 Å². The van der Waals surface area contributed by atoms with Crippen molar-refractivity contribution in [3.05, 3.63) is 11.4 Å². The van der Waals surface area contributed by atoms with Crippen LogP contribution < -0.4 is 21.9 Å². The van der Waals surface area contributed by atoms with Crippen LogP contribution in [0, 0.1) is 6.92 Å². The minimum atomic E-state index is 0.0650. The highest BCUT2D eigenvalue weighted by atomic mass is 16.1. The lowest BCUT2D eigenvalue weighted by atomic mass is 10.2. The van der Waals surface area contributed by atoms with E-state index in [1.165, 1.54) is 0 Å². The van der Waals surface area contributed by atoms with E-state index in [0.29, 0.717) is 18.8 Å². The van der Waals surface area contributed by atoms with Crippen LogP contribution in [0.4, 0.5) is 11.6 Å². The largest absolute Gasteiger partial charge is 0.365 e. The van der Waals surface area contributed by atoms with Gasteiger partial charge in [-0.2, -0.15) is 0 Å². The van der Waals surface area contributed by atoms with Crippen molar-refractivity contribution in [2.75, 3.05) is 17.3 Å². The molecule has 1 aromatic rings. The Bertz CT molecular complexity index is 476. The normalized spacial score (nSPS) is 18.3. The van der Waals surface area contributed by atoms with Crippen LogP contribution in [0.5, 0.6) is 0 Å². The average Bonchev–Trinajstić information content (AvgIpc) is 2.79. The summed E-state index contributed by atoms with van der Waals surface area (Å²) in [4.78, 5) is 20.1. The van der Waals surface area contributed by atoms with Crippen LogP contribution in [0.3, 0.4) is 0 Å². The van der Waals surface area contributed by atoms with E-state index in [1.807, 2.05) is 6.92 Å². The molecule has 2 heterocycles. The molecule has 0 radical (unpaired) electrons. The van der Waals surface area contributed by atoms with E-state index in [0.717, 1.165) is 30.0 Å². The van der Waals surface area contributed by atoms with Gasteiger partial charge in [0.1, 0.15) is 17.5 Å². The Hall–Kier alpha value is -1.89. The third-order valence-electron chi connectivity index (χ3n) is 3.12. The molecular weight excluding hydrogens is 244 g/mol. The Morgan fingerprint density at radius 3 is 2.74 bits per heavy atom. The fraction of sp³-hybridized carbons (Fsp3) is 0.583. The second-order valence-corrected chi connectivity index (χ2v) is 4.71. The van der Waals surface area contributed by atoms with E-state index in [9.17, 15) is 4.79 Å². The number of hydrogen-bond donors (Lipinski definition) is 4. The first-order valence-corrected chi connectivity index (χ1v) is 6.51. The highest BCUT2D eigenvalue weighted by Crippen LogP contribution is 2.21. The number of nitrogen functional groups attached to an aromatic ring is 1. The van der Waals surface area contributed by atoms with Crippen LogP contribution in [0.1, 0.15) is 31.2 Å². The highest BCUT2D eigenvalue weighted by molar-refractivity contribution is 5.79. The quantitative estimate of drug-likeness (QED) is 0.451. The first-order valence-electron chi connectivity index (χ1n) is 6.51. The zero-order chi connectivity index (χ0) is 13.8. The highest BCUT2D eigenvalue weighted by Gasteiger charge is 2.22. The number of hydrazine groups is 1. The molecule has 1 aromatic heterocycles. The zero-order valence-corrected chi connectivity index (χ0v) is 11.3. The van der Waals surface area contributed by atoms with Crippen molar-refractivity contribution in [1.29, 1.82) is 0 Å². The van der Waals surface area contributed by atoms with Crippen LogP contribution in [0.2, 0.25) is 0 Å². The maximum Gasteiger partial charge on any atom is 0.222 e. The lowest BCUT2D eigenvalue weighted by molar-refractivity contribution is -0.119. The van der Waals surface area contributed by atoms with E-state index >= 15 is 0 Å². The standard InChI is InChI=1S/C12H20N6O/c1-3-4-9-16-11(7(2)12(17-9)18-13)15-8-5-10(19)14-6-8/h8H,3-6,13H2,1-2H3,(H,14,19)(H2,15,16,17,18). The number of carbonyl (C=O) groups is 1. The Morgan fingerprint density at radius 2 is 2.16 bits per heavy atom. The minimum Gasteiger partial charge on any atom is -0.365 e. The van der Waals surface area contributed by atoms with Gasteiger partial charge in [-0.1, -0.05) is 6.92 Å². The van der Waals surface area contributed by atoms with Gasteiger partial charge >= 0.3 is 0 Å². The SMILES string of the molecule is CCCc1nc(NN)c(C)c(NC2CNC(=O)C2)n1. The molecule has 2 rings (SSSR count). The predicted octanol–water partition coefficient (Wildman–Crippen LogP) is 0.324. The van der Waals surface area contributed by atoms with Crippen LogP contribution in [0.25, 0.3) is 0 Å². The number of anilines is 2. The molecule has 5 N–H and O–H groups in total.